The molecule has 1 unspecified atom stereocenters. The molecular weight excluding hydrogens is 372 g/mol. The molecule has 1 aromatic carbocycles. The number of hydrogen-bond donors (Lipinski definition) is 1. The van der Waals surface area contributed by atoms with Crippen LogP contribution in [0.4, 0.5) is 10.5 Å². The molecule has 134 valence electrons. The largest absolute Gasteiger partial charge is 0.497 e. The number of benzene rings is 1. The molecule has 6 heteroatoms. The Labute approximate surface area is 152 Å². The molecule has 1 aliphatic heterocycles. The first-order chi connectivity index (χ1) is 11.3. The molecule has 0 aliphatic carbocycles. The number of nitrogens with one attached hydrogen (secondary N) is 1. The maximum atomic E-state index is 11.8. The summed E-state index contributed by atoms with van der Waals surface area (Å²) in [5, 5.41) is 3.76. The minimum atomic E-state index is -0.466. The zero-order valence-electron chi connectivity index (χ0n) is 14.9. The van der Waals surface area contributed by atoms with Crippen molar-refractivity contribution in [2.75, 3.05) is 30.4 Å². The highest BCUT2D eigenvalue weighted by Crippen LogP contribution is 2.36. The number of amides is 1. The minimum absolute atomic E-state index is 0.355. The molecule has 1 heterocycles. The Kier molecular flexibility index (Phi) is 6.38. The standard InChI is InChI=1S/C18H27BrN2O3/c1-18(2,3)24-17(22)20-9-7-14-11-13-5-6-15(23-4)12-16(13)21(14)10-8-19/h5-6,12,14H,7-11H2,1-4H3,(H,20,22). The third kappa shape index (κ3) is 5.03. The third-order valence-corrected chi connectivity index (χ3v) is 4.32. The van der Waals surface area contributed by atoms with Gasteiger partial charge in [-0.2, -0.15) is 0 Å². The van der Waals surface area contributed by atoms with Crippen molar-refractivity contribution in [1.82, 2.24) is 5.32 Å². The zero-order valence-corrected chi connectivity index (χ0v) is 16.5. The average molecular weight is 399 g/mol. The summed E-state index contributed by atoms with van der Waals surface area (Å²) in [5.74, 6) is 0.876. The van der Waals surface area contributed by atoms with Crippen molar-refractivity contribution in [3.05, 3.63) is 23.8 Å². The van der Waals surface area contributed by atoms with Crippen LogP contribution in [-0.2, 0) is 11.2 Å². The Hall–Kier alpha value is -1.43. The van der Waals surface area contributed by atoms with Gasteiger partial charge in [-0.25, -0.2) is 4.79 Å². The first-order valence-electron chi connectivity index (χ1n) is 8.30. The summed E-state index contributed by atoms with van der Waals surface area (Å²) in [6.07, 6.45) is 1.51. The van der Waals surface area contributed by atoms with E-state index in [1.807, 2.05) is 26.8 Å². The molecular formula is C18H27BrN2O3. The number of anilines is 1. The second kappa shape index (κ2) is 8.10. The number of alkyl halides is 1. The summed E-state index contributed by atoms with van der Waals surface area (Å²) < 4.78 is 10.6. The number of alkyl carbamates (subject to hydrolysis) is 1. The maximum absolute atomic E-state index is 11.8. The van der Waals surface area contributed by atoms with Crippen LogP contribution in [0.3, 0.4) is 0 Å². The van der Waals surface area contributed by atoms with Gasteiger partial charge in [0.1, 0.15) is 11.4 Å². The summed E-state index contributed by atoms with van der Waals surface area (Å²) in [4.78, 5) is 14.2. The zero-order chi connectivity index (χ0) is 17.7. The van der Waals surface area contributed by atoms with Gasteiger partial charge >= 0.3 is 6.09 Å². The van der Waals surface area contributed by atoms with Crippen LogP contribution >= 0.6 is 15.9 Å². The van der Waals surface area contributed by atoms with E-state index in [-0.39, 0.29) is 6.09 Å². The van der Waals surface area contributed by atoms with Gasteiger partial charge in [-0.05, 0) is 45.2 Å². The molecule has 0 aromatic heterocycles. The molecule has 0 spiro atoms. The van der Waals surface area contributed by atoms with Crippen molar-refractivity contribution < 1.29 is 14.3 Å². The average Bonchev–Trinajstić information content (AvgIpc) is 2.83. The lowest BCUT2D eigenvalue weighted by Crippen LogP contribution is -2.38. The topological polar surface area (TPSA) is 50.8 Å². The number of hydrogen-bond acceptors (Lipinski definition) is 4. The summed E-state index contributed by atoms with van der Waals surface area (Å²) in [6, 6.07) is 6.61. The lowest BCUT2D eigenvalue weighted by molar-refractivity contribution is 0.0526. The molecule has 1 atom stereocenters. The second-order valence-corrected chi connectivity index (χ2v) is 7.75. The number of carbonyl (C=O) groups is 1. The molecule has 24 heavy (non-hydrogen) atoms. The highest BCUT2D eigenvalue weighted by Gasteiger charge is 2.29. The van der Waals surface area contributed by atoms with Crippen LogP contribution < -0.4 is 15.0 Å². The van der Waals surface area contributed by atoms with Gasteiger partial charge in [0.2, 0.25) is 0 Å². The molecule has 2 rings (SSSR count). The van der Waals surface area contributed by atoms with Gasteiger partial charge in [-0.15, -0.1) is 0 Å². The molecule has 5 nitrogen and oxygen atoms in total. The van der Waals surface area contributed by atoms with E-state index in [1.165, 1.54) is 11.3 Å². The molecule has 1 aliphatic rings. The fraction of sp³-hybridized carbons (Fsp3) is 0.611. The summed E-state index contributed by atoms with van der Waals surface area (Å²) in [7, 11) is 1.69. The van der Waals surface area contributed by atoms with Crippen LogP contribution in [-0.4, -0.2) is 43.3 Å². The Morgan fingerprint density at radius 1 is 1.42 bits per heavy atom. The fourth-order valence-electron chi connectivity index (χ4n) is 2.98. The summed E-state index contributed by atoms with van der Waals surface area (Å²) >= 11 is 3.54. The Balaban J connectivity index is 1.94. The van der Waals surface area contributed by atoms with E-state index < -0.39 is 5.60 Å². The van der Waals surface area contributed by atoms with E-state index in [0.29, 0.717) is 12.6 Å². The quantitative estimate of drug-likeness (QED) is 0.741. The van der Waals surface area contributed by atoms with Crippen LogP contribution in [0.5, 0.6) is 5.75 Å². The lowest BCUT2D eigenvalue weighted by atomic mass is 10.1. The van der Waals surface area contributed by atoms with Crippen LogP contribution in [0, 0.1) is 0 Å². The van der Waals surface area contributed by atoms with E-state index in [2.05, 4.69) is 38.3 Å². The van der Waals surface area contributed by atoms with E-state index in [1.54, 1.807) is 7.11 Å². The number of rotatable bonds is 6. The highest BCUT2D eigenvalue weighted by atomic mass is 79.9. The third-order valence-electron chi connectivity index (χ3n) is 3.97. The number of carbonyl (C=O) groups excluding carboxylic acids is 1. The molecule has 1 aromatic rings. The van der Waals surface area contributed by atoms with Crippen molar-refractivity contribution in [3.63, 3.8) is 0 Å². The van der Waals surface area contributed by atoms with Crippen molar-refractivity contribution >= 4 is 27.7 Å². The first kappa shape index (κ1) is 18.9. The predicted molar refractivity (Wildman–Crippen MR) is 100 cm³/mol. The molecule has 0 saturated heterocycles. The molecule has 0 radical (unpaired) electrons. The predicted octanol–water partition coefficient (Wildman–Crippen LogP) is 3.74. The Bertz CT molecular complexity index is 572. The van der Waals surface area contributed by atoms with Crippen LogP contribution in [0.15, 0.2) is 18.2 Å². The number of nitrogens with zero attached hydrogens (tertiary/aromatic N) is 1. The highest BCUT2D eigenvalue weighted by molar-refractivity contribution is 9.09. The van der Waals surface area contributed by atoms with E-state index in [4.69, 9.17) is 9.47 Å². The molecule has 0 fully saturated rings. The maximum Gasteiger partial charge on any atom is 0.407 e. The second-order valence-electron chi connectivity index (χ2n) is 6.95. The Morgan fingerprint density at radius 2 is 2.17 bits per heavy atom. The summed E-state index contributed by atoms with van der Waals surface area (Å²) in [5.41, 5.74) is 2.10. The SMILES string of the molecule is COc1ccc2c(c1)N(CCBr)C(CCNC(=O)OC(C)(C)C)C2. The summed E-state index contributed by atoms with van der Waals surface area (Å²) in [6.45, 7) is 7.13. The number of fused-ring (bicyclic) bond motifs is 1. The van der Waals surface area contributed by atoms with E-state index in [0.717, 1.165) is 30.5 Å². The molecule has 1 amide bonds. The van der Waals surface area contributed by atoms with Crippen molar-refractivity contribution in [2.24, 2.45) is 0 Å². The van der Waals surface area contributed by atoms with Crippen LogP contribution in [0.2, 0.25) is 0 Å². The number of methoxy groups -OCH3 is 1. The smallest absolute Gasteiger partial charge is 0.407 e. The van der Waals surface area contributed by atoms with Gasteiger partial charge in [0.15, 0.2) is 0 Å². The Morgan fingerprint density at radius 3 is 2.79 bits per heavy atom. The van der Waals surface area contributed by atoms with Gasteiger partial charge in [-0.1, -0.05) is 22.0 Å². The normalized spacial score (nSPS) is 16.7. The lowest BCUT2D eigenvalue weighted by Gasteiger charge is -2.27. The van der Waals surface area contributed by atoms with Gasteiger partial charge in [0.25, 0.3) is 0 Å². The van der Waals surface area contributed by atoms with E-state index in [9.17, 15) is 4.79 Å². The number of halogens is 1. The van der Waals surface area contributed by atoms with Gasteiger partial charge in [-0.3, -0.25) is 0 Å². The molecule has 0 saturated carbocycles. The molecule has 0 bridgehead atoms. The van der Waals surface area contributed by atoms with Crippen LogP contribution in [0.25, 0.3) is 0 Å². The minimum Gasteiger partial charge on any atom is -0.497 e. The van der Waals surface area contributed by atoms with Crippen molar-refractivity contribution in [3.8, 4) is 5.75 Å². The van der Waals surface area contributed by atoms with Gasteiger partial charge in [0.05, 0.1) is 7.11 Å². The van der Waals surface area contributed by atoms with Gasteiger partial charge in [0, 0.05) is 36.2 Å². The fourth-order valence-corrected chi connectivity index (χ4v) is 3.36. The monoisotopic (exact) mass is 398 g/mol. The first-order valence-corrected chi connectivity index (χ1v) is 9.42. The van der Waals surface area contributed by atoms with Crippen molar-refractivity contribution in [2.45, 2.75) is 45.3 Å². The number of ether oxygens (including phenoxy) is 2. The molecule has 1 N–H and O–H groups in total. The van der Waals surface area contributed by atoms with E-state index >= 15 is 0 Å². The van der Waals surface area contributed by atoms with Crippen LogP contribution in [0.1, 0.15) is 32.8 Å². The van der Waals surface area contributed by atoms with Gasteiger partial charge < -0.3 is 19.7 Å². The van der Waals surface area contributed by atoms with Crippen molar-refractivity contribution in [1.29, 1.82) is 0 Å².